The molecule has 0 saturated carbocycles. The summed E-state index contributed by atoms with van der Waals surface area (Å²) in [6.07, 6.45) is 7.53. The number of hydrogen-bond donors (Lipinski definition) is 1. The fraction of sp³-hybridized carbons (Fsp3) is 0.345. The standard InChI is InChI=1S/C55H54N6O9/c1-67-33-34-69-54(66)60-44-24-23-38(22-21-37-13-5-2-6-14-37)35-43(44)55(52(60)65)45(50(63)58-27-29-59(30-28-58)53-56-25-12-26-57-53)47-51(64)70-48(40-17-9-4-10-18-40)46(39-15-7-3-8-16-39)61(47)49(55)41-19-11-20-42(36-41)68-32-31-62/h3-4,7-13,15-20,23-26,35-36,45-49,62H,2,5-6,14,27-34H2,1H3/t45-,46-,47-,48+,49+,55-/m1/s1. The van der Waals surface area contributed by atoms with Crippen LogP contribution in [0.1, 0.15) is 71.7 Å². The lowest BCUT2D eigenvalue weighted by molar-refractivity contribution is -0.179. The lowest BCUT2D eigenvalue weighted by Gasteiger charge is -2.46. The number of anilines is 2. The Morgan fingerprint density at radius 1 is 0.800 bits per heavy atom. The normalized spacial score (nSPS) is 24.0. The Balaban J connectivity index is 1.24. The molecule has 4 aliphatic heterocycles. The van der Waals surface area contributed by atoms with Gasteiger partial charge in [-0.05, 0) is 89.9 Å². The fourth-order valence-electron chi connectivity index (χ4n) is 11.0. The summed E-state index contributed by atoms with van der Waals surface area (Å²) in [5, 5.41) is 9.86. The van der Waals surface area contributed by atoms with E-state index >= 15 is 14.4 Å². The molecule has 5 heterocycles. The van der Waals surface area contributed by atoms with Crippen molar-refractivity contribution in [3.8, 4) is 17.6 Å². The molecule has 0 radical (unpaired) electrons. The number of aliphatic hydroxyl groups is 1. The van der Waals surface area contributed by atoms with Crippen LogP contribution in [-0.2, 0) is 34.0 Å². The zero-order chi connectivity index (χ0) is 48.2. The zero-order valence-corrected chi connectivity index (χ0v) is 38.9. The van der Waals surface area contributed by atoms with E-state index in [0.29, 0.717) is 47.0 Å². The molecule has 0 unspecified atom stereocenters. The molecule has 70 heavy (non-hydrogen) atoms. The van der Waals surface area contributed by atoms with Crippen LogP contribution in [0.2, 0.25) is 0 Å². The van der Waals surface area contributed by atoms with Gasteiger partial charge in [-0.25, -0.2) is 19.7 Å². The molecule has 5 aliphatic rings. The number of aromatic nitrogens is 2. The highest BCUT2D eigenvalue weighted by Gasteiger charge is 2.76. The van der Waals surface area contributed by atoms with Crippen molar-refractivity contribution in [3.05, 3.63) is 161 Å². The topological polar surface area (TPSA) is 164 Å². The SMILES string of the molecule is COCCOC(=O)N1C(=O)[C@@]2(c3cc(C#CC4=CCCCC4)ccc31)[C@H](c1cccc(OCCO)c1)N1[C@H](c3ccccc3)[C@H](c3ccccc3)OC(=O)[C@H]1[C@@H]2C(=O)N1CCN(c2ncccn2)CC1. The average molecular weight is 943 g/mol. The molecule has 0 bridgehead atoms. The van der Waals surface area contributed by atoms with Crippen LogP contribution in [-0.4, -0.2) is 115 Å². The molecule has 10 rings (SSSR count). The highest BCUT2D eigenvalue weighted by molar-refractivity contribution is 6.23. The van der Waals surface area contributed by atoms with Gasteiger partial charge < -0.3 is 33.9 Å². The molecular formula is C55H54N6O9. The van der Waals surface area contributed by atoms with Gasteiger partial charge in [0.05, 0.1) is 36.9 Å². The summed E-state index contributed by atoms with van der Waals surface area (Å²) in [5.41, 5.74) is 2.13. The Bertz CT molecular complexity index is 2830. The predicted molar refractivity (Wildman–Crippen MR) is 258 cm³/mol. The van der Waals surface area contributed by atoms with Gasteiger partial charge in [-0.3, -0.25) is 19.3 Å². The van der Waals surface area contributed by atoms with E-state index in [4.69, 9.17) is 18.9 Å². The molecule has 1 N–H and O–H groups in total. The second-order valence-electron chi connectivity index (χ2n) is 18.0. The third-order valence-electron chi connectivity index (χ3n) is 14.0. The first-order valence-electron chi connectivity index (χ1n) is 23.9. The number of fused-ring (bicyclic) bond motifs is 3. The number of carbonyl (C=O) groups is 4. The van der Waals surface area contributed by atoms with Crippen LogP contribution < -0.4 is 14.5 Å². The Hall–Kier alpha value is -7.38. The van der Waals surface area contributed by atoms with Crippen LogP contribution in [0.25, 0.3) is 0 Å². The van der Waals surface area contributed by atoms with Crippen LogP contribution in [0.4, 0.5) is 16.4 Å². The van der Waals surface area contributed by atoms with Gasteiger partial charge in [-0.2, -0.15) is 0 Å². The quantitative estimate of drug-likeness (QED) is 0.0869. The van der Waals surface area contributed by atoms with Crippen LogP contribution in [0.15, 0.2) is 133 Å². The summed E-state index contributed by atoms with van der Waals surface area (Å²) in [7, 11) is 1.48. The minimum absolute atomic E-state index is 0.0108. The molecule has 3 saturated heterocycles. The number of carbonyl (C=O) groups excluding carboxylic acids is 4. The van der Waals surface area contributed by atoms with Crippen LogP contribution in [0, 0.1) is 17.8 Å². The number of methoxy groups -OCH3 is 1. The van der Waals surface area contributed by atoms with Crippen molar-refractivity contribution in [2.24, 2.45) is 5.92 Å². The van der Waals surface area contributed by atoms with Gasteiger partial charge in [0.2, 0.25) is 17.8 Å². The number of ether oxygens (including phenoxy) is 4. The first kappa shape index (κ1) is 46.4. The van der Waals surface area contributed by atoms with E-state index in [9.17, 15) is 9.90 Å². The van der Waals surface area contributed by atoms with Gasteiger partial charge in [-0.15, -0.1) is 0 Å². The summed E-state index contributed by atoms with van der Waals surface area (Å²) >= 11 is 0. The number of hydrogen-bond acceptors (Lipinski definition) is 13. The van der Waals surface area contributed by atoms with E-state index in [1.165, 1.54) is 7.11 Å². The number of cyclic esters (lactones) is 1. The Morgan fingerprint density at radius 3 is 2.26 bits per heavy atom. The largest absolute Gasteiger partial charge is 0.491 e. The van der Waals surface area contributed by atoms with Crippen molar-refractivity contribution in [2.45, 2.75) is 55.3 Å². The van der Waals surface area contributed by atoms with Crippen LogP contribution in [0.3, 0.4) is 0 Å². The molecule has 358 valence electrons. The molecule has 1 aliphatic carbocycles. The van der Waals surface area contributed by atoms with Crippen molar-refractivity contribution in [2.75, 3.05) is 69.5 Å². The van der Waals surface area contributed by atoms with Gasteiger partial charge in [0.15, 0.2) is 0 Å². The second kappa shape index (κ2) is 20.3. The number of morpholine rings is 1. The number of benzene rings is 4. The van der Waals surface area contributed by atoms with Crippen molar-refractivity contribution in [3.63, 3.8) is 0 Å². The lowest BCUT2D eigenvalue weighted by atomic mass is 9.64. The van der Waals surface area contributed by atoms with Gasteiger partial charge in [0.25, 0.3) is 0 Å². The van der Waals surface area contributed by atoms with Crippen LogP contribution >= 0.6 is 0 Å². The summed E-state index contributed by atoms with van der Waals surface area (Å²) in [4.78, 5) is 78.7. The maximum Gasteiger partial charge on any atom is 0.421 e. The third kappa shape index (κ3) is 8.46. The van der Waals surface area contributed by atoms with E-state index in [2.05, 4.69) is 27.9 Å². The van der Waals surface area contributed by atoms with Crippen molar-refractivity contribution in [1.29, 1.82) is 0 Å². The first-order valence-corrected chi connectivity index (χ1v) is 23.9. The molecule has 4 aromatic carbocycles. The van der Waals surface area contributed by atoms with Crippen molar-refractivity contribution in [1.82, 2.24) is 19.8 Å². The summed E-state index contributed by atoms with van der Waals surface area (Å²) in [6, 6.07) is 30.0. The van der Waals surface area contributed by atoms with E-state index in [1.54, 1.807) is 53.7 Å². The molecule has 6 atom stereocenters. The van der Waals surface area contributed by atoms with E-state index < -0.39 is 59.4 Å². The number of amides is 3. The Labute approximate surface area is 406 Å². The smallest absolute Gasteiger partial charge is 0.421 e. The van der Waals surface area contributed by atoms with Gasteiger partial charge >= 0.3 is 12.1 Å². The third-order valence-corrected chi connectivity index (χ3v) is 14.0. The lowest BCUT2D eigenvalue weighted by Crippen LogP contribution is -2.59. The number of aliphatic hydroxyl groups excluding tert-OH is 1. The number of esters is 1. The molecule has 3 amide bonds. The molecule has 3 fully saturated rings. The van der Waals surface area contributed by atoms with Gasteiger partial charge in [0, 0.05) is 51.2 Å². The maximum atomic E-state index is 16.6. The minimum atomic E-state index is -2.01. The minimum Gasteiger partial charge on any atom is -0.491 e. The van der Waals surface area contributed by atoms with Gasteiger partial charge in [-0.1, -0.05) is 90.7 Å². The zero-order valence-electron chi connectivity index (χ0n) is 38.9. The highest BCUT2D eigenvalue weighted by atomic mass is 16.6. The molecule has 1 spiro atoms. The average Bonchev–Trinajstić information content (AvgIpc) is 3.87. The maximum absolute atomic E-state index is 16.6. The number of imide groups is 1. The predicted octanol–water partition coefficient (Wildman–Crippen LogP) is 6.50. The van der Waals surface area contributed by atoms with Crippen molar-refractivity contribution < 1.29 is 43.2 Å². The van der Waals surface area contributed by atoms with Crippen molar-refractivity contribution >= 4 is 35.5 Å². The monoisotopic (exact) mass is 942 g/mol. The number of nitrogens with zero attached hydrogens (tertiary/aromatic N) is 6. The Kier molecular flexibility index (Phi) is 13.4. The Morgan fingerprint density at radius 2 is 1.54 bits per heavy atom. The highest BCUT2D eigenvalue weighted by Crippen LogP contribution is 2.66. The molecule has 15 heteroatoms. The molecule has 15 nitrogen and oxygen atoms in total. The summed E-state index contributed by atoms with van der Waals surface area (Å²) < 4.78 is 23.7. The van der Waals surface area contributed by atoms with E-state index in [1.807, 2.05) is 82.6 Å². The number of allylic oxidation sites excluding steroid dienone is 2. The number of rotatable bonds is 11. The molecule has 1 aromatic heterocycles. The summed E-state index contributed by atoms with van der Waals surface area (Å²) in [6.45, 7) is 0.858. The van der Waals surface area contributed by atoms with Crippen LogP contribution in [0.5, 0.6) is 5.75 Å². The number of piperazine rings is 1. The van der Waals surface area contributed by atoms with Gasteiger partial charge in [0.1, 0.15) is 36.5 Å². The summed E-state index contributed by atoms with van der Waals surface area (Å²) in [5.74, 6) is 4.28. The van der Waals surface area contributed by atoms with E-state index in [-0.39, 0.29) is 45.2 Å². The fourth-order valence-corrected chi connectivity index (χ4v) is 11.0. The molecular weight excluding hydrogens is 889 g/mol. The van der Waals surface area contributed by atoms with E-state index in [0.717, 1.165) is 41.7 Å². The molecule has 5 aromatic rings. The first-order chi connectivity index (χ1) is 34.3. The second-order valence-corrected chi connectivity index (χ2v) is 18.0.